The van der Waals surface area contributed by atoms with Crippen LogP contribution in [0.1, 0.15) is 44.7 Å². The molecule has 0 aliphatic heterocycles. The summed E-state index contributed by atoms with van der Waals surface area (Å²) in [6.45, 7) is 5.50. The van der Waals surface area contributed by atoms with E-state index in [0.29, 0.717) is 32.8 Å². The van der Waals surface area contributed by atoms with Gasteiger partial charge in [-0.15, -0.1) is 0 Å². The molecule has 6 heteroatoms. The van der Waals surface area contributed by atoms with Gasteiger partial charge in [0.25, 0.3) is 0 Å². The number of H-pyrrole nitrogens is 1. The third-order valence-corrected chi connectivity index (χ3v) is 3.53. The number of aryl methyl sites for hydroxylation is 1. The van der Waals surface area contributed by atoms with Gasteiger partial charge >= 0.3 is 5.97 Å². The van der Waals surface area contributed by atoms with Gasteiger partial charge < -0.3 is 9.72 Å². The highest BCUT2D eigenvalue weighted by Crippen LogP contribution is 2.22. The van der Waals surface area contributed by atoms with E-state index in [4.69, 9.17) is 4.74 Å². The number of hydrogen-bond donors (Lipinski definition) is 1. The van der Waals surface area contributed by atoms with Crippen LogP contribution in [0.25, 0.3) is 0 Å². The molecule has 0 saturated heterocycles. The lowest BCUT2D eigenvalue weighted by atomic mass is 10.0. The van der Waals surface area contributed by atoms with Crippen molar-refractivity contribution in [1.29, 1.82) is 0 Å². The lowest BCUT2D eigenvalue weighted by molar-refractivity contribution is 0.0519. The molecule has 2 aromatic rings. The summed E-state index contributed by atoms with van der Waals surface area (Å²) in [5.74, 6) is -0.683. The zero-order chi connectivity index (χ0) is 15.6. The lowest BCUT2D eigenvalue weighted by Crippen LogP contribution is -2.08. The van der Waals surface area contributed by atoms with E-state index in [1.165, 1.54) is 0 Å². The summed E-state index contributed by atoms with van der Waals surface area (Å²) < 4.78 is 5.56. The van der Waals surface area contributed by atoms with E-state index in [9.17, 15) is 9.59 Å². The number of ketones is 1. The molecule has 2 heterocycles. The van der Waals surface area contributed by atoms with Gasteiger partial charge in [0, 0.05) is 11.3 Å². The second-order valence-electron chi connectivity index (χ2n) is 4.52. The van der Waals surface area contributed by atoms with Crippen LogP contribution >= 0.6 is 15.9 Å². The molecule has 2 aromatic heterocycles. The third-order valence-electron chi connectivity index (χ3n) is 3.09. The second kappa shape index (κ2) is 6.22. The Labute approximate surface area is 130 Å². The first-order valence-corrected chi connectivity index (χ1v) is 7.28. The summed E-state index contributed by atoms with van der Waals surface area (Å²) in [5, 5.41) is 0. The zero-order valence-corrected chi connectivity index (χ0v) is 13.6. The van der Waals surface area contributed by atoms with E-state index >= 15 is 0 Å². The molecule has 0 amide bonds. The van der Waals surface area contributed by atoms with Gasteiger partial charge in [-0.3, -0.25) is 4.79 Å². The van der Waals surface area contributed by atoms with Crippen molar-refractivity contribution in [2.45, 2.75) is 20.8 Å². The minimum absolute atomic E-state index is 0.224. The third kappa shape index (κ3) is 3.05. The Morgan fingerprint density at radius 2 is 2.05 bits per heavy atom. The molecule has 0 aromatic carbocycles. The maximum atomic E-state index is 12.6. The number of nitrogens with one attached hydrogen (secondary N) is 1. The molecular formula is C15H15BrN2O3. The van der Waals surface area contributed by atoms with Gasteiger partial charge in [-0.25, -0.2) is 9.78 Å². The molecule has 0 unspecified atom stereocenters. The molecule has 0 saturated carbocycles. The number of ether oxygens (including phenoxy) is 1. The Kier molecular flexibility index (Phi) is 4.57. The predicted molar refractivity (Wildman–Crippen MR) is 81.6 cm³/mol. The van der Waals surface area contributed by atoms with Crippen LogP contribution in [0.2, 0.25) is 0 Å². The SMILES string of the molecule is CCOC(=O)c1[nH]c(C)c(C(=O)c2cccc(Br)n2)c1C. The van der Waals surface area contributed by atoms with Gasteiger partial charge in [0.1, 0.15) is 16.0 Å². The highest BCUT2D eigenvalue weighted by molar-refractivity contribution is 9.10. The van der Waals surface area contributed by atoms with Gasteiger partial charge in [0.2, 0.25) is 5.78 Å². The molecular weight excluding hydrogens is 336 g/mol. The predicted octanol–water partition coefficient (Wildman–Crippen LogP) is 3.20. The van der Waals surface area contributed by atoms with Gasteiger partial charge in [-0.2, -0.15) is 0 Å². The first kappa shape index (κ1) is 15.4. The fraction of sp³-hybridized carbons (Fsp3) is 0.267. The summed E-state index contributed by atoms with van der Waals surface area (Å²) in [6.07, 6.45) is 0. The number of carbonyl (C=O) groups excluding carboxylic acids is 2. The number of aromatic amines is 1. The normalized spacial score (nSPS) is 10.5. The van der Waals surface area contributed by atoms with Gasteiger partial charge in [0.05, 0.1) is 6.61 Å². The smallest absolute Gasteiger partial charge is 0.355 e. The fourth-order valence-electron chi connectivity index (χ4n) is 2.16. The number of nitrogens with zero attached hydrogens (tertiary/aromatic N) is 1. The van der Waals surface area contributed by atoms with Crippen LogP contribution < -0.4 is 0 Å². The monoisotopic (exact) mass is 350 g/mol. The van der Waals surface area contributed by atoms with E-state index in [2.05, 4.69) is 25.9 Å². The second-order valence-corrected chi connectivity index (χ2v) is 5.33. The van der Waals surface area contributed by atoms with Gasteiger partial charge in [-0.1, -0.05) is 6.07 Å². The van der Waals surface area contributed by atoms with Crippen LogP contribution in [0.4, 0.5) is 0 Å². The van der Waals surface area contributed by atoms with Crippen LogP contribution in [-0.4, -0.2) is 28.3 Å². The highest BCUT2D eigenvalue weighted by Gasteiger charge is 2.24. The summed E-state index contributed by atoms with van der Waals surface area (Å²) in [4.78, 5) is 31.5. The highest BCUT2D eigenvalue weighted by atomic mass is 79.9. The minimum atomic E-state index is -0.459. The molecule has 2 rings (SSSR count). The Bertz CT molecular complexity index is 707. The number of pyridine rings is 1. The van der Waals surface area contributed by atoms with Crippen molar-refractivity contribution in [1.82, 2.24) is 9.97 Å². The molecule has 0 fully saturated rings. The number of carbonyl (C=O) groups is 2. The minimum Gasteiger partial charge on any atom is -0.461 e. The van der Waals surface area contributed by atoms with Crippen LogP contribution in [0, 0.1) is 13.8 Å². The molecule has 0 radical (unpaired) electrons. The lowest BCUT2D eigenvalue weighted by Gasteiger charge is -2.03. The van der Waals surface area contributed by atoms with Gasteiger partial charge in [-0.05, 0) is 54.4 Å². The quantitative estimate of drug-likeness (QED) is 0.522. The summed E-state index contributed by atoms with van der Waals surface area (Å²) in [7, 11) is 0. The molecule has 110 valence electrons. The maximum Gasteiger partial charge on any atom is 0.355 e. The Balaban J connectivity index is 2.45. The zero-order valence-electron chi connectivity index (χ0n) is 12.0. The fourth-order valence-corrected chi connectivity index (χ4v) is 2.50. The number of hydrogen-bond acceptors (Lipinski definition) is 4. The van der Waals surface area contributed by atoms with Crippen molar-refractivity contribution >= 4 is 27.7 Å². The van der Waals surface area contributed by atoms with Crippen molar-refractivity contribution in [3.63, 3.8) is 0 Å². The van der Waals surface area contributed by atoms with Crippen LogP contribution in [0.15, 0.2) is 22.8 Å². The van der Waals surface area contributed by atoms with E-state index in [0.717, 1.165) is 0 Å². The molecule has 1 N–H and O–H groups in total. The van der Waals surface area contributed by atoms with E-state index in [-0.39, 0.29) is 12.4 Å². The van der Waals surface area contributed by atoms with E-state index < -0.39 is 5.97 Å². The summed E-state index contributed by atoms with van der Waals surface area (Å²) in [6, 6.07) is 5.13. The molecule has 0 bridgehead atoms. The summed E-state index contributed by atoms with van der Waals surface area (Å²) >= 11 is 3.24. The Morgan fingerprint density at radius 1 is 1.33 bits per heavy atom. The first-order chi connectivity index (χ1) is 9.95. The number of rotatable bonds is 4. The Morgan fingerprint density at radius 3 is 2.67 bits per heavy atom. The average molecular weight is 351 g/mol. The van der Waals surface area contributed by atoms with Crippen molar-refractivity contribution in [3.05, 3.63) is 51.0 Å². The van der Waals surface area contributed by atoms with Crippen LogP contribution in [0.3, 0.4) is 0 Å². The Hall–Kier alpha value is -1.95. The molecule has 0 aliphatic carbocycles. The van der Waals surface area contributed by atoms with E-state index in [1.54, 1.807) is 39.0 Å². The number of aromatic nitrogens is 2. The van der Waals surface area contributed by atoms with Gasteiger partial charge in [0.15, 0.2) is 0 Å². The van der Waals surface area contributed by atoms with Crippen molar-refractivity contribution in [2.24, 2.45) is 0 Å². The van der Waals surface area contributed by atoms with Crippen molar-refractivity contribution in [2.75, 3.05) is 6.61 Å². The largest absolute Gasteiger partial charge is 0.461 e. The van der Waals surface area contributed by atoms with Crippen LogP contribution in [0.5, 0.6) is 0 Å². The summed E-state index contributed by atoms with van der Waals surface area (Å²) in [5.41, 5.74) is 2.31. The van der Waals surface area contributed by atoms with Crippen molar-refractivity contribution in [3.8, 4) is 0 Å². The first-order valence-electron chi connectivity index (χ1n) is 6.49. The number of halogens is 1. The molecule has 0 spiro atoms. The average Bonchev–Trinajstić information content (AvgIpc) is 2.73. The molecule has 0 aliphatic rings. The van der Waals surface area contributed by atoms with E-state index in [1.807, 2.05) is 0 Å². The molecule has 0 atom stereocenters. The molecule has 21 heavy (non-hydrogen) atoms. The standard InChI is InChI=1S/C15H15BrN2O3/c1-4-21-15(20)13-8(2)12(9(3)17-13)14(19)10-6-5-7-11(16)18-10/h5-7,17H,4H2,1-3H3. The van der Waals surface area contributed by atoms with Crippen molar-refractivity contribution < 1.29 is 14.3 Å². The van der Waals surface area contributed by atoms with Crippen LogP contribution in [-0.2, 0) is 4.74 Å². The maximum absolute atomic E-state index is 12.6. The number of esters is 1. The topological polar surface area (TPSA) is 72.1 Å². The molecule has 5 nitrogen and oxygen atoms in total.